The maximum Gasteiger partial charge on any atom is 0.332 e. The van der Waals surface area contributed by atoms with Crippen molar-refractivity contribution in [2.24, 2.45) is 4.99 Å². The van der Waals surface area contributed by atoms with Crippen molar-refractivity contribution < 1.29 is 13.9 Å². The lowest BCUT2D eigenvalue weighted by atomic mass is 10.1. The van der Waals surface area contributed by atoms with Gasteiger partial charge in [0.2, 0.25) is 5.56 Å². The van der Waals surface area contributed by atoms with Gasteiger partial charge in [0.15, 0.2) is 0 Å². The minimum atomic E-state index is -0.451. The van der Waals surface area contributed by atoms with Crippen LogP contribution in [0.1, 0.15) is 47.7 Å². The van der Waals surface area contributed by atoms with Crippen LogP contribution in [0.4, 0.5) is 16.0 Å². The van der Waals surface area contributed by atoms with Crippen LogP contribution < -0.4 is 21.7 Å². The number of benzene rings is 1. The number of rotatable bonds is 13. The molecule has 1 amide bonds. The summed E-state index contributed by atoms with van der Waals surface area (Å²) in [5, 5.41) is 0. The zero-order chi connectivity index (χ0) is 31.9. The third-order valence-corrected chi connectivity index (χ3v) is 7.63. The summed E-state index contributed by atoms with van der Waals surface area (Å²) in [6, 6.07) is 13.7. The molecule has 4 heterocycles. The van der Waals surface area contributed by atoms with Gasteiger partial charge in [-0.25, -0.2) is 19.2 Å². The van der Waals surface area contributed by atoms with Crippen molar-refractivity contribution in [3.05, 3.63) is 121 Å². The largest absolute Gasteiger partial charge is 0.385 e. The van der Waals surface area contributed by atoms with E-state index in [1.54, 1.807) is 52.9 Å². The fourth-order valence-electron chi connectivity index (χ4n) is 5.35. The first-order valence-corrected chi connectivity index (χ1v) is 14.9. The lowest BCUT2D eigenvalue weighted by Gasteiger charge is -2.22. The first-order chi connectivity index (χ1) is 21.8. The van der Waals surface area contributed by atoms with Gasteiger partial charge in [0.1, 0.15) is 17.5 Å². The Labute approximate surface area is 258 Å². The topological polar surface area (TPSA) is 121 Å². The third-order valence-electron chi connectivity index (χ3n) is 7.63. The van der Waals surface area contributed by atoms with Crippen molar-refractivity contribution >= 4 is 23.3 Å². The zero-order valence-corrected chi connectivity index (χ0v) is 25.3. The van der Waals surface area contributed by atoms with Crippen molar-refractivity contribution in [2.75, 3.05) is 25.2 Å². The highest BCUT2D eigenvalue weighted by molar-refractivity contribution is 6.07. The van der Waals surface area contributed by atoms with Gasteiger partial charge in [-0.3, -0.25) is 28.4 Å². The Balaban J connectivity index is 1.43. The molecule has 0 spiro atoms. The van der Waals surface area contributed by atoms with E-state index in [0.717, 1.165) is 0 Å². The van der Waals surface area contributed by atoms with Crippen molar-refractivity contribution in [2.45, 2.75) is 52.2 Å². The Morgan fingerprint density at radius 2 is 1.78 bits per heavy atom. The van der Waals surface area contributed by atoms with Gasteiger partial charge in [-0.1, -0.05) is 13.0 Å². The summed E-state index contributed by atoms with van der Waals surface area (Å²) in [5.74, 6) is -0.0890. The van der Waals surface area contributed by atoms with E-state index in [1.807, 2.05) is 6.92 Å². The lowest BCUT2D eigenvalue weighted by Crippen LogP contribution is -2.41. The van der Waals surface area contributed by atoms with Crippen LogP contribution in [-0.2, 0) is 30.8 Å². The predicted molar refractivity (Wildman–Crippen MR) is 169 cm³/mol. The summed E-state index contributed by atoms with van der Waals surface area (Å²) in [6.45, 7) is 3.70. The summed E-state index contributed by atoms with van der Waals surface area (Å²) in [5.41, 5.74) is 1.14. The second-order valence-electron chi connectivity index (χ2n) is 10.7. The molecular formula is C33H35FN6O5. The minimum Gasteiger partial charge on any atom is -0.385 e. The van der Waals surface area contributed by atoms with Crippen LogP contribution in [0, 0.1) is 5.82 Å². The molecule has 0 aliphatic carbocycles. The molecule has 3 aromatic heterocycles. The highest BCUT2D eigenvalue weighted by Gasteiger charge is 2.26. The molecule has 0 radical (unpaired) electrons. The smallest absolute Gasteiger partial charge is 0.332 e. The van der Waals surface area contributed by atoms with Crippen LogP contribution in [0.3, 0.4) is 0 Å². The number of hydrogen-bond donors (Lipinski definition) is 0. The monoisotopic (exact) mass is 614 g/mol. The van der Waals surface area contributed by atoms with Crippen molar-refractivity contribution in [3.8, 4) is 0 Å². The van der Waals surface area contributed by atoms with E-state index < -0.39 is 5.82 Å². The number of methoxy groups -OCH3 is 1. The Morgan fingerprint density at radius 1 is 0.978 bits per heavy atom. The number of carbonyl (C=O) groups is 1. The lowest BCUT2D eigenvalue weighted by molar-refractivity contribution is 0.0985. The number of aromatic nitrogens is 4. The normalized spacial score (nSPS) is 12.2. The van der Waals surface area contributed by atoms with Crippen LogP contribution in [0.2, 0.25) is 0 Å². The molecule has 0 saturated heterocycles. The number of nitrogens with zero attached hydrogens (tertiary/aromatic N) is 6. The van der Waals surface area contributed by atoms with Crippen molar-refractivity contribution in [1.29, 1.82) is 0 Å². The Kier molecular flexibility index (Phi) is 9.93. The number of fused-ring (bicyclic) bond motifs is 1. The van der Waals surface area contributed by atoms with Gasteiger partial charge in [-0.2, -0.15) is 0 Å². The molecule has 1 aliphatic heterocycles. The molecule has 0 N–H and O–H groups in total. The number of hydrogen-bond acceptors (Lipinski definition) is 7. The first kappa shape index (κ1) is 31.5. The number of pyridine rings is 2. The molecule has 0 bridgehead atoms. The molecule has 1 aromatic carbocycles. The molecule has 0 saturated carbocycles. The standard InChI is InChI=1S/C33H35FN6O5/c1-3-15-40-32(43)26-21-27(36-30(26)39(33(40)44)19-7-20-45-2)24-11-14-28(35-22-24)38(31(42)23-9-12-25(34)13-10-23)18-6-17-37-16-5-4-8-29(37)41/h4-5,8-14,16,22H,3,6-7,15,17-21H2,1-2H3. The number of aliphatic imine (C=N–C) groups is 1. The van der Waals surface area contributed by atoms with Gasteiger partial charge in [0.05, 0.1) is 11.3 Å². The average Bonchev–Trinajstić information content (AvgIpc) is 3.50. The molecule has 12 heteroatoms. The second-order valence-corrected chi connectivity index (χ2v) is 10.7. The SMILES string of the molecule is CCCn1c(=O)c2c(n(CCCOC)c1=O)N=C(c1ccc(N(CCCn3ccccc3=O)C(=O)c3ccc(F)cc3)nc1)C2. The van der Waals surface area contributed by atoms with Crippen molar-refractivity contribution in [1.82, 2.24) is 18.7 Å². The number of anilines is 1. The molecule has 11 nitrogen and oxygen atoms in total. The zero-order valence-electron chi connectivity index (χ0n) is 25.3. The molecule has 234 valence electrons. The molecular weight excluding hydrogens is 579 g/mol. The van der Waals surface area contributed by atoms with E-state index >= 15 is 0 Å². The molecule has 4 aromatic rings. The minimum absolute atomic E-state index is 0.139. The highest BCUT2D eigenvalue weighted by atomic mass is 19.1. The molecule has 0 fully saturated rings. The second kappa shape index (κ2) is 14.2. The van der Waals surface area contributed by atoms with Crippen LogP contribution in [0.25, 0.3) is 0 Å². The first-order valence-electron chi connectivity index (χ1n) is 14.9. The van der Waals surface area contributed by atoms with Gasteiger partial charge in [-0.05, 0) is 61.7 Å². The van der Waals surface area contributed by atoms with E-state index in [4.69, 9.17) is 9.73 Å². The van der Waals surface area contributed by atoms with E-state index in [-0.39, 0.29) is 35.7 Å². The number of ether oxygens (including phenoxy) is 1. The summed E-state index contributed by atoms with van der Waals surface area (Å²) in [7, 11) is 1.59. The Hall–Kier alpha value is -4.97. The highest BCUT2D eigenvalue weighted by Crippen LogP contribution is 2.26. The van der Waals surface area contributed by atoms with Crippen LogP contribution in [0.5, 0.6) is 0 Å². The summed E-state index contributed by atoms with van der Waals surface area (Å²) >= 11 is 0. The summed E-state index contributed by atoms with van der Waals surface area (Å²) in [6.07, 6.45) is 5.21. The van der Waals surface area contributed by atoms with Gasteiger partial charge in [0, 0.05) is 75.9 Å². The summed E-state index contributed by atoms with van der Waals surface area (Å²) < 4.78 is 23.1. The number of halogens is 1. The van der Waals surface area contributed by atoms with Crippen molar-refractivity contribution in [3.63, 3.8) is 0 Å². The third kappa shape index (κ3) is 6.91. The van der Waals surface area contributed by atoms with E-state index in [1.165, 1.54) is 39.8 Å². The van der Waals surface area contributed by atoms with E-state index in [2.05, 4.69) is 4.98 Å². The number of aryl methyl sites for hydroxylation is 1. The van der Waals surface area contributed by atoms with Crippen LogP contribution in [-0.4, -0.2) is 50.6 Å². The Bertz CT molecular complexity index is 1880. The maximum atomic E-state index is 13.6. The Morgan fingerprint density at radius 3 is 2.47 bits per heavy atom. The van der Waals surface area contributed by atoms with Gasteiger partial charge >= 0.3 is 5.69 Å². The predicted octanol–water partition coefficient (Wildman–Crippen LogP) is 3.57. The average molecular weight is 615 g/mol. The molecule has 1 aliphatic rings. The van der Waals surface area contributed by atoms with E-state index in [0.29, 0.717) is 79.5 Å². The van der Waals surface area contributed by atoms with Crippen LogP contribution >= 0.6 is 0 Å². The van der Waals surface area contributed by atoms with Gasteiger partial charge < -0.3 is 9.30 Å². The fraction of sp³-hybridized carbons (Fsp3) is 0.333. The van der Waals surface area contributed by atoms with Crippen LogP contribution in [0.15, 0.2) is 86.4 Å². The van der Waals surface area contributed by atoms with Gasteiger partial charge in [0.25, 0.3) is 11.5 Å². The number of carbonyl (C=O) groups excluding carboxylic acids is 1. The molecule has 5 rings (SSSR count). The molecule has 45 heavy (non-hydrogen) atoms. The molecule has 0 atom stereocenters. The van der Waals surface area contributed by atoms with Gasteiger partial charge in [-0.15, -0.1) is 0 Å². The summed E-state index contributed by atoms with van der Waals surface area (Å²) in [4.78, 5) is 63.0. The number of amides is 1. The maximum absolute atomic E-state index is 13.6. The fourth-order valence-corrected chi connectivity index (χ4v) is 5.35. The van der Waals surface area contributed by atoms with E-state index in [9.17, 15) is 23.6 Å². The quantitative estimate of drug-likeness (QED) is 0.213. The molecule has 0 unspecified atom stereocenters.